The summed E-state index contributed by atoms with van der Waals surface area (Å²) >= 11 is 9.20. The fraction of sp³-hybridized carbons (Fsp3) is 0.414. The van der Waals surface area contributed by atoms with Crippen molar-refractivity contribution in [3.63, 3.8) is 0 Å². The smallest absolute Gasteiger partial charge is 0.171 e. The minimum Gasteiger partial charge on any atom is -0.357 e. The van der Waals surface area contributed by atoms with Crippen LogP contribution in [0.2, 0.25) is 0 Å². The number of hydrogen-bond acceptors (Lipinski definition) is 5. The van der Waals surface area contributed by atoms with Crippen molar-refractivity contribution in [3.05, 3.63) is 53.2 Å². The lowest BCUT2D eigenvalue weighted by molar-refractivity contribution is -0.00972. The molecule has 0 saturated heterocycles. The van der Waals surface area contributed by atoms with Crippen LogP contribution in [0.5, 0.6) is 0 Å². The molecule has 0 atom stereocenters. The first kappa shape index (κ1) is 24.0. The Balaban J connectivity index is 0.00000117. The quantitative estimate of drug-likeness (QED) is 0.259. The molecule has 3 heterocycles. The zero-order chi connectivity index (χ0) is 24.7. The van der Waals surface area contributed by atoms with Crippen molar-refractivity contribution in [2.24, 2.45) is 17.8 Å². The van der Waals surface area contributed by atoms with Gasteiger partial charge in [-0.25, -0.2) is 9.97 Å². The number of nitrogens with one attached hydrogen (secondary N) is 2. The molecule has 0 amide bonds. The van der Waals surface area contributed by atoms with Gasteiger partial charge in [-0.15, -0.1) is 22.7 Å². The fourth-order valence-electron chi connectivity index (χ4n) is 6.97. The van der Waals surface area contributed by atoms with Gasteiger partial charge in [0.2, 0.25) is 0 Å². The molecule has 4 aliphatic rings. The summed E-state index contributed by atoms with van der Waals surface area (Å²) in [6.45, 7) is 4.00. The van der Waals surface area contributed by atoms with Crippen molar-refractivity contribution >= 4 is 56.7 Å². The summed E-state index contributed by atoms with van der Waals surface area (Å²) in [4.78, 5) is 12.4. The molecule has 4 aliphatic carbocycles. The molecule has 0 aliphatic heterocycles. The van der Waals surface area contributed by atoms with Crippen molar-refractivity contribution in [2.75, 3.05) is 5.32 Å². The first-order valence-electron chi connectivity index (χ1n) is 13.1. The highest BCUT2D eigenvalue weighted by molar-refractivity contribution is 7.80. The Hall–Kier alpha value is -2.35. The van der Waals surface area contributed by atoms with Crippen LogP contribution in [0.3, 0.4) is 0 Å². The molecule has 8 rings (SSSR count). The summed E-state index contributed by atoms with van der Waals surface area (Å²) in [5.41, 5.74) is 4.84. The first-order valence-corrected chi connectivity index (χ1v) is 15.3. The van der Waals surface area contributed by atoms with Crippen molar-refractivity contribution in [1.29, 1.82) is 0 Å². The number of benzene rings is 1. The van der Waals surface area contributed by atoms with E-state index >= 15 is 0 Å². The summed E-state index contributed by atoms with van der Waals surface area (Å²) in [6.07, 6.45) is 8.14. The number of hydrogen-bond donors (Lipinski definition) is 2. The summed E-state index contributed by atoms with van der Waals surface area (Å²) in [6, 6.07) is 14.5. The lowest BCUT2D eigenvalue weighted by atomic mass is 9.53. The van der Waals surface area contributed by atoms with E-state index in [2.05, 4.69) is 57.8 Å². The summed E-state index contributed by atoms with van der Waals surface area (Å²) in [5, 5.41) is 12.1. The molecule has 36 heavy (non-hydrogen) atoms. The molecule has 4 bridgehead atoms. The Morgan fingerprint density at radius 3 is 1.92 bits per heavy atom. The minimum absolute atomic E-state index is 0.206. The topological polar surface area (TPSA) is 49.8 Å². The Kier molecular flexibility index (Phi) is 6.56. The predicted octanol–water partition coefficient (Wildman–Crippen LogP) is 8.37. The third-order valence-electron chi connectivity index (χ3n) is 7.85. The number of thiocarbonyl (C=S) groups is 1. The van der Waals surface area contributed by atoms with E-state index in [1.54, 1.807) is 22.7 Å². The molecular formula is C29H32N4S3. The van der Waals surface area contributed by atoms with Crippen molar-refractivity contribution in [1.82, 2.24) is 15.3 Å². The highest BCUT2D eigenvalue weighted by atomic mass is 32.1. The lowest BCUT2D eigenvalue weighted by Gasteiger charge is -2.57. The maximum atomic E-state index is 5.80. The van der Waals surface area contributed by atoms with Gasteiger partial charge in [-0.1, -0.05) is 26.0 Å². The number of fused-ring (bicyclic) bond motifs is 1. The third kappa shape index (κ3) is 4.57. The molecule has 0 unspecified atom stereocenters. The zero-order valence-electron chi connectivity index (χ0n) is 20.8. The fourth-order valence-corrected chi connectivity index (χ4v) is 8.73. The Labute approximate surface area is 226 Å². The molecule has 4 nitrogen and oxygen atoms in total. The van der Waals surface area contributed by atoms with E-state index in [0.29, 0.717) is 0 Å². The van der Waals surface area contributed by atoms with Gasteiger partial charge in [0.15, 0.2) is 5.11 Å². The van der Waals surface area contributed by atoms with Crippen LogP contribution in [0, 0.1) is 17.8 Å². The van der Waals surface area contributed by atoms with Crippen LogP contribution in [-0.4, -0.2) is 20.6 Å². The van der Waals surface area contributed by atoms with Crippen LogP contribution in [0.15, 0.2) is 53.2 Å². The summed E-state index contributed by atoms with van der Waals surface area (Å²) in [7, 11) is 0. The van der Waals surface area contributed by atoms with Crippen molar-refractivity contribution in [3.8, 4) is 21.1 Å². The van der Waals surface area contributed by atoms with Gasteiger partial charge in [-0.3, -0.25) is 0 Å². The van der Waals surface area contributed by atoms with E-state index in [-0.39, 0.29) is 5.54 Å². The third-order valence-corrected chi connectivity index (χ3v) is 9.81. The lowest BCUT2D eigenvalue weighted by Crippen LogP contribution is -2.60. The van der Waals surface area contributed by atoms with Crippen LogP contribution < -0.4 is 10.6 Å². The normalized spacial score (nSPS) is 25.9. The van der Waals surface area contributed by atoms with Gasteiger partial charge >= 0.3 is 0 Å². The number of anilines is 1. The van der Waals surface area contributed by atoms with Gasteiger partial charge in [0, 0.05) is 11.2 Å². The molecule has 186 valence electrons. The van der Waals surface area contributed by atoms with Crippen LogP contribution in [0.25, 0.3) is 32.2 Å². The largest absolute Gasteiger partial charge is 0.357 e. The predicted molar refractivity (Wildman–Crippen MR) is 158 cm³/mol. The Bertz CT molecular complexity index is 1330. The average molecular weight is 533 g/mol. The summed E-state index contributed by atoms with van der Waals surface area (Å²) < 4.78 is 0. The number of thiophene rings is 2. The van der Waals surface area contributed by atoms with Gasteiger partial charge in [-0.05, 0) is 110 Å². The van der Waals surface area contributed by atoms with E-state index in [1.807, 2.05) is 19.9 Å². The van der Waals surface area contributed by atoms with E-state index in [1.165, 1.54) is 38.5 Å². The van der Waals surface area contributed by atoms with E-state index in [9.17, 15) is 0 Å². The Morgan fingerprint density at radius 2 is 1.39 bits per heavy atom. The van der Waals surface area contributed by atoms with E-state index < -0.39 is 0 Å². The maximum absolute atomic E-state index is 5.80. The zero-order valence-corrected chi connectivity index (χ0v) is 23.2. The summed E-state index contributed by atoms with van der Waals surface area (Å²) in [5.74, 6) is 2.68. The average Bonchev–Trinajstić information content (AvgIpc) is 3.58. The van der Waals surface area contributed by atoms with Gasteiger partial charge in [-0.2, -0.15) is 0 Å². The van der Waals surface area contributed by atoms with E-state index in [4.69, 9.17) is 22.2 Å². The first-order chi connectivity index (χ1) is 17.6. The number of aromatic nitrogens is 2. The molecule has 4 fully saturated rings. The minimum atomic E-state index is 0.206. The van der Waals surface area contributed by atoms with Gasteiger partial charge < -0.3 is 10.6 Å². The van der Waals surface area contributed by atoms with Crippen LogP contribution in [0.1, 0.15) is 52.4 Å². The van der Waals surface area contributed by atoms with Crippen LogP contribution in [-0.2, 0) is 0 Å². The van der Waals surface area contributed by atoms with Crippen LogP contribution in [0.4, 0.5) is 5.69 Å². The highest BCUT2D eigenvalue weighted by Gasteiger charge is 2.51. The molecule has 1 aromatic carbocycles. The van der Waals surface area contributed by atoms with Crippen molar-refractivity contribution in [2.45, 2.75) is 57.9 Å². The van der Waals surface area contributed by atoms with Crippen molar-refractivity contribution < 1.29 is 0 Å². The monoisotopic (exact) mass is 532 g/mol. The Morgan fingerprint density at radius 1 is 0.833 bits per heavy atom. The molecule has 0 radical (unpaired) electrons. The number of nitrogens with zero attached hydrogens (tertiary/aromatic N) is 2. The second-order valence-electron chi connectivity index (χ2n) is 10.4. The molecule has 4 saturated carbocycles. The van der Waals surface area contributed by atoms with Gasteiger partial charge in [0.1, 0.15) is 11.4 Å². The van der Waals surface area contributed by atoms with Crippen LogP contribution >= 0.6 is 34.9 Å². The van der Waals surface area contributed by atoms with Gasteiger partial charge in [0.05, 0.1) is 20.8 Å². The second-order valence-corrected chi connectivity index (χ2v) is 12.7. The SMILES string of the molecule is CC.S=C(Nc1ccc2nc(-c3cccs3)c(-c3cccs3)nc2c1)NC12CC3CC(CC(C3)C1)C2. The second kappa shape index (κ2) is 9.84. The molecule has 7 heteroatoms. The molecular weight excluding hydrogens is 501 g/mol. The van der Waals surface area contributed by atoms with Gasteiger partial charge in [0.25, 0.3) is 0 Å². The maximum Gasteiger partial charge on any atom is 0.171 e. The molecule has 3 aromatic heterocycles. The van der Waals surface area contributed by atoms with E-state index in [0.717, 1.165) is 60.7 Å². The number of rotatable bonds is 4. The molecule has 2 N–H and O–H groups in total. The molecule has 4 aromatic rings. The molecule has 0 spiro atoms. The highest BCUT2D eigenvalue weighted by Crippen LogP contribution is 2.55. The standard InChI is InChI=1S/C27H26N4S3.C2H6/c32-26(31-27-13-16-9-17(14-27)11-18(10-16)15-27)28-19-5-6-20-21(12-19)30-25(23-4-2-8-34-23)24(29-20)22-3-1-7-33-22;1-2/h1-8,12,16-18H,9-11,13-15H2,(H2,28,31,32);1-2H3.